The molecule has 0 heterocycles. The second kappa shape index (κ2) is 14.5. The Balaban J connectivity index is 1.29. The summed E-state index contributed by atoms with van der Waals surface area (Å²) in [4.78, 5) is 0. The van der Waals surface area contributed by atoms with Crippen LogP contribution in [-0.2, 0) is 24.4 Å². The van der Waals surface area contributed by atoms with Gasteiger partial charge in [-0.25, -0.2) is 0 Å². The maximum absolute atomic E-state index is 10.3. The van der Waals surface area contributed by atoms with E-state index in [4.69, 9.17) is 14.2 Å². The summed E-state index contributed by atoms with van der Waals surface area (Å²) in [5.41, 5.74) is 3.32. The molecule has 194 valence electrons. The van der Waals surface area contributed by atoms with Crippen LogP contribution in [-0.4, -0.2) is 47.7 Å². The van der Waals surface area contributed by atoms with E-state index in [-0.39, 0.29) is 18.5 Å². The number of hydrogen-bond donors (Lipinski definition) is 4. The molecule has 0 spiro atoms. The molecular weight excluding hydrogens is 458 g/mol. The Morgan fingerprint density at radius 2 is 1.56 bits per heavy atom. The molecule has 3 aromatic rings. The third kappa shape index (κ3) is 9.17. The van der Waals surface area contributed by atoms with Gasteiger partial charge >= 0.3 is 0 Å². The molecule has 0 saturated heterocycles. The number of rotatable bonds is 15. The van der Waals surface area contributed by atoms with Gasteiger partial charge in [-0.05, 0) is 79.9 Å². The number of ether oxygens (including phenoxy) is 3. The molecule has 0 amide bonds. The van der Waals surface area contributed by atoms with Crippen LogP contribution in [0.5, 0.6) is 17.2 Å². The summed E-state index contributed by atoms with van der Waals surface area (Å²) in [7, 11) is 0. The molecule has 3 aromatic carbocycles. The molecule has 4 N–H and O–H groups in total. The highest BCUT2D eigenvalue weighted by Gasteiger charge is 2.10. The minimum Gasteiger partial charge on any atom is -0.508 e. The van der Waals surface area contributed by atoms with Crippen molar-refractivity contribution in [3.05, 3.63) is 89.0 Å². The lowest BCUT2D eigenvalue weighted by Crippen LogP contribution is -2.23. The zero-order valence-corrected chi connectivity index (χ0v) is 21.0. The van der Waals surface area contributed by atoms with Crippen molar-refractivity contribution in [1.29, 1.82) is 0 Å². The highest BCUT2D eigenvalue weighted by Crippen LogP contribution is 2.22. The summed E-state index contributed by atoms with van der Waals surface area (Å²) < 4.78 is 17.1. The number of nitrogens with one attached hydrogen (secondary N) is 1. The highest BCUT2D eigenvalue weighted by atomic mass is 16.5. The van der Waals surface area contributed by atoms with Gasteiger partial charge in [0.15, 0.2) is 0 Å². The average molecular weight is 496 g/mol. The Morgan fingerprint density at radius 3 is 2.25 bits per heavy atom. The number of benzene rings is 3. The predicted molar refractivity (Wildman–Crippen MR) is 139 cm³/mol. The van der Waals surface area contributed by atoms with Crippen LogP contribution in [0.2, 0.25) is 0 Å². The molecule has 0 radical (unpaired) electrons. The molecule has 7 nitrogen and oxygen atoms in total. The van der Waals surface area contributed by atoms with Crippen LogP contribution in [0.3, 0.4) is 0 Å². The SMILES string of the molecule is CC(C)Oc1ccc(COCCOc2ccc(CCNCC(O)c3ccc(O)c(CO)c3)cc2)cc1. The lowest BCUT2D eigenvalue weighted by molar-refractivity contribution is 0.0889. The lowest BCUT2D eigenvalue weighted by Gasteiger charge is -2.14. The van der Waals surface area contributed by atoms with Gasteiger partial charge in [-0.1, -0.05) is 30.3 Å². The predicted octanol–water partition coefficient (Wildman–Crippen LogP) is 4.13. The molecular formula is C29H37NO6. The second-order valence-electron chi connectivity index (χ2n) is 8.87. The van der Waals surface area contributed by atoms with Gasteiger partial charge in [0.25, 0.3) is 0 Å². The molecule has 1 unspecified atom stereocenters. The van der Waals surface area contributed by atoms with Crippen molar-refractivity contribution in [2.24, 2.45) is 0 Å². The van der Waals surface area contributed by atoms with E-state index in [0.29, 0.717) is 44.0 Å². The molecule has 1 atom stereocenters. The molecule has 7 heteroatoms. The fourth-order valence-corrected chi connectivity index (χ4v) is 3.63. The van der Waals surface area contributed by atoms with Gasteiger partial charge in [-0.2, -0.15) is 0 Å². The largest absolute Gasteiger partial charge is 0.508 e. The number of aliphatic hydroxyl groups is 2. The van der Waals surface area contributed by atoms with Gasteiger partial charge < -0.3 is 34.8 Å². The van der Waals surface area contributed by atoms with Crippen LogP contribution in [0.4, 0.5) is 0 Å². The van der Waals surface area contributed by atoms with Crippen LogP contribution in [0, 0.1) is 0 Å². The Bertz CT molecular complexity index is 1040. The fourth-order valence-electron chi connectivity index (χ4n) is 3.63. The summed E-state index contributed by atoms with van der Waals surface area (Å²) in [6.07, 6.45) is 0.259. The van der Waals surface area contributed by atoms with E-state index in [1.54, 1.807) is 12.1 Å². The average Bonchev–Trinajstić information content (AvgIpc) is 2.88. The number of hydrogen-bond acceptors (Lipinski definition) is 7. The number of phenols is 1. The van der Waals surface area contributed by atoms with Crippen molar-refractivity contribution in [1.82, 2.24) is 5.32 Å². The van der Waals surface area contributed by atoms with Crippen molar-refractivity contribution in [2.45, 2.75) is 45.7 Å². The van der Waals surface area contributed by atoms with Crippen LogP contribution in [0.25, 0.3) is 0 Å². The summed E-state index contributed by atoms with van der Waals surface area (Å²) >= 11 is 0. The van der Waals surface area contributed by atoms with E-state index in [2.05, 4.69) is 5.32 Å². The molecule has 0 saturated carbocycles. The van der Waals surface area contributed by atoms with E-state index in [9.17, 15) is 15.3 Å². The fraction of sp³-hybridized carbons (Fsp3) is 0.379. The first-order valence-electron chi connectivity index (χ1n) is 12.3. The molecule has 0 aliphatic rings. The van der Waals surface area contributed by atoms with Crippen molar-refractivity contribution in [2.75, 3.05) is 26.3 Å². The Kier molecular flexibility index (Phi) is 11.0. The van der Waals surface area contributed by atoms with E-state index in [0.717, 1.165) is 29.0 Å². The molecule has 0 fully saturated rings. The zero-order chi connectivity index (χ0) is 25.8. The summed E-state index contributed by atoms with van der Waals surface area (Å²) in [6.45, 7) is 6.34. The Labute approximate surface area is 213 Å². The first-order valence-corrected chi connectivity index (χ1v) is 12.3. The summed E-state index contributed by atoms with van der Waals surface area (Å²) in [5.74, 6) is 1.69. The van der Waals surface area contributed by atoms with Crippen molar-refractivity contribution in [3.63, 3.8) is 0 Å². The number of aliphatic hydroxyl groups excluding tert-OH is 2. The normalized spacial score (nSPS) is 12.0. The molecule has 0 aliphatic heterocycles. The minimum atomic E-state index is -0.716. The van der Waals surface area contributed by atoms with Crippen LogP contribution in [0.1, 0.15) is 42.2 Å². The monoisotopic (exact) mass is 495 g/mol. The highest BCUT2D eigenvalue weighted by molar-refractivity contribution is 5.36. The van der Waals surface area contributed by atoms with E-state index in [1.807, 2.05) is 62.4 Å². The van der Waals surface area contributed by atoms with Gasteiger partial charge in [0.05, 0.1) is 32.0 Å². The minimum absolute atomic E-state index is 0.0278. The molecule has 3 rings (SSSR count). The lowest BCUT2D eigenvalue weighted by atomic mass is 10.1. The molecule has 0 aliphatic carbocycles. The maximum Gasteiger partial charge on any atom is 0.121 e. The van der Waals surface area contributed by atoms with E-state index >= 15 is 0 Å². The topological polar surface area (TPSA) is 100 Å². The maximum atomic E-state index is 10.3. The summed E-state index contributed by atoms with van der Waals surface area (Å²) in [6, 6.07) is 20.6. The van der Waals surface area contributed by atoms with Gasteiger partial charge in [-0.3, -0.25) is 0 Å². The third-order valence-electron chi connectivity index (χ3n) is 5.57. The number of aromatic hydroxyl groups is 1. The standard InChI is InChI=1S/C29H37NO6/c1-21(2)36-27-10-5-23(6-11-27)20-34-15-16-35-26-8-3-22(4-9-26)13-14-30-18-29(33)24-7-12-28(32)25(17-24)19-31/h3-12,17,21,29-33H,13-16,18-20H2,1-2H3. The smallest absolute Gasteiger partial charge is 0.121 e. The quantitative estimate of drug-likeness (QED) is 0.235. The van der Waals surface area contributed by atoms with Gasteiger partial charge in [0.2, 0.25) is 0 Å². The van der Waals surface area contributed by atoms with Crippen molar-refractivity contribution >= 4 is 0 Å². The van der Waals surface area contributed by atoms with Crippen molar-refractivity contribution in [3.8, 4) is 17.2 Å². The van der Waals surface area contributed by atoms with Gasteiger partial charge in [-0.15, -0.1) is 0 Å². The van der Waals surface area contributed by atoms with E-state index < -0.39 is 6.10 Å². The van der Waals surface area contributed by atoms with Gasteiger partial charge in [0, 0.05) is 12.1 Å². The second-order valence-corrected chi connectivity index (χ2v) is 8.87. The zero-order valence-electron chi connectivity index (χ0n) is 21.0. The third-order valence-corrected chi connectivity index (χ3v) is 5.57. The van der Waals surface area contributed by atoms with E-state index in [1.165, 1.54) is 6.07 Å². The summed E-state index contributed by atoms with van der Waals surface area (Å²) in [5, 5.41) is 32.5. The first-order chi connectivity index (χ1) is 17.4. The van der Waals surface area contributed by atoms with Crippen molar-refractivity contribution < 1.29 is 29.5 Å². The Hall–Kier alpha value is -3.10. The van der Waals surface area contributed by atoms with Crippen LogP contribution >= 0.6 is 0 Å². The molecule has 0 aromatic heterocycles. The van der Waals surface area contributed by atoms with Crippen LogP contribution < -0.4 is 14.8 Å². The Morgan fingerprint density at radius 1 is 0.861 bits per heavy atom. The molecule has 36 heavy (non-hydrogen) atoms. The first kappa shape index (κ1) is 27.5. The van der Waals surface area contributed by atoms with Gasteiger partial charge in [0.1, 0.15) is 23.9 Å². The van der Waals surface area contributed by atoms with Crippen LogP contribution in [0.15, 0.2) is 66.7 Å². The molecule has 0 bridgehead atoms.